The zero-order chi connectivity index (χ0) is 21.3. The predicted molar refractivity (Wildman–Crippen MR) is 119 cm³/mol. The second kappa shape index (κ2) is 10.7. The minimum Gasteiger partial charge on any atom is -0.382 e. The summed E-state index contributed by atoms with van der Waals surface area (Å²) >= 11 is 0. The summed E-state index contributed by atoms with van der Waals surface area (Å²) in [6.07, 6.45) is 1.32. The number of hydrogen-bond acceptors (Lipinski definition) is 4. The average Bonchev–Trinajstić information content (AvgIpc) is 2.75. The highest BCUT2D eigenvalue weighted by molar-refractivity contribution is 5.77. The second-order valence-electron chi connectivity index (χ2n) is 7.27. The predicted octanol–water partition coefficient (Wildman–Crippen LogP) is 3.23. The first-order chi connectivity index (χ1) is 14.6. The third-order valence-corrected chi connectivity index (χ3v) is 5.09. The second-order valence-corrected chi connectivity index (χ2v) is 7.27. The molecule has 6 nitrogen and oxygen atoms in total. The molecule has 3 aromatic rings. The van der Waals surface area contributed by atoms with Gasteiger partial charge in [0.25, 0.3) is 5.56 Å². The van der Waals surface area contributed by atoms with Gasteiger partial charge in [-0.1, -0.05) is 36.4 Å². The van der Waals surface area contributed by atoms with Crippen molar-refractivity contribution in [2.75, 3.05) is 19.8 Å². The quantitative estimate of drug-likeness (QED) is 0.524. The van der Waals surface area contributed by atoms with E-state index in [0.717, 1.165) is 28.6 Å². The van der Waals surface area contributed by atoms with Gasteiger partial charge in [-0.25, -0.2) is 4.98 Å². The Hall–Kier alpha value is -2.99. The number of carbonyl (C=O) groups is 1. The normalized spacial score (nSPS) is 11.0. The van der Waals surface area contributed by atoms with Crippen LogP contribution in [0.1, 0.15) is 36.6 Å². The Bertz CT molecular complexity index is 1060. The highest BCUT2D eigenvalue weighted by Gasteiger charge is 2.13. The maximum Gasteiger partial charge on any atom is 0.273 e. The zero-order valence-electron chi connectivity index (χ0n) is 17.7. The lowest BCUT2D eigenvalue weighted by molar-refractivity contribution is -0.121. The van der Waals surface area contributed by atoms with Crippen LogP contribution >= 0.6 is 0 Å². The van der Waals surface area contributed by atoms with Gasteiger partial charge in [0.15, 0.2) is 0 Å². The summed E-state index contributed by atoms with van der Waals surface area (Å²) in [5.41, 5.74) is 4.08. The first-order valence-electron chi connectivity index (χ1n) is 10.5. The third kappa shape index (κ3) is 5.54. The van der Waals surface area contributed by atoms with Crippen molar-refractivity contribution >= 4 is 16.9 Å². The van der Waals surface area contributed by atoms with E-state index in [0.29, 0.717) is 38.4 Å². The van der Waals surface area contributed by atoms with E-state index in [2.05, 4.69) is 10.3 Å². The minimum atomic E-state index is -0.138. The molecule has 30 heavy (non-hydrogen) atoms. The molecule has 1 heterocycles. The van der Waals surface area contributed by atoms with Gasteiger partial charge in [0.05, 0.1) is 17.6 Å². The molecule has 0 radical (unpaired) electrons. The van der Waals surface area contributed by atoms with Crippen molar-refractivity contribution < 1.29 is 9.53 Å². The number of hydrogen-bond donors (Lipinski definition) is 1. The molecule has 2 aromatic carbocycles. The van der Waals surface area contributed by atoms with Crippen molar-refractivity contribution in [3.63, 3.8) is 0 Å². The average molecular weight is 408 g/mol. The highest BCUT2D eigenvalue weighted by Crippen LogP contribution is 2.15. The van der Waals surface area contributed by atoms with Gasteiger partial charge in [0.2, 0.25) is 5.91 Å². The molecule has 1 amide bonds. The number of nitrogens with zero attached hydrogens (tertiary/aromatic N) is 2. The molecule has 0 spiro atoms. The number of nitrogens with one attached hydrogen (secondary N) is 1. The molecule has 0 unspecified atom stereocenters. The van der Waals surface area contributed by atoms with Crippen molar-refractivity contribution in [2.45, 2.75) is 39.7 Å². The van der Waals surface area contributed by atoms with E-state index >= 15 is 0 Å². The number of fused-ring (bicyclic) bond motifs is 1. The highest BCUT2D eigenvalue weighted by atomic mass is 16.5. The van der Waals surface area contributed by atoms with E-state index in [-0.39, 0.29) is 17.9 Å². The van der Waals surface area contributed by atoms with Gasteiger partial charge < -0.3 is 14.6 Å². The minimum absolute atomic E-state index is 0.0775. The Morgan fingerprint density at radius 3 is 2.70 bits per heavy atom. The maximum atomic E-state index is 13.2. The Labute approximate surface area is 176 Å². The molecule has 0 atom stereocenters. The van der Waals surface area contributed by atoms with Crippen LogP contribution in [0.5, 0.6) is 0 Å². The molecule has 158 valence electrons. The van der Waals surface area contributed by atoms with E-state index in [4.69, 9.17) is 4.74 Å². The lowest BCUT2D eigenvalue weighted by atomic mass is 10.1. The van der Waals surface area contributed by atoms with Crippen molar-refractivity contribution in [1.82, 2.24) is 14.9 Å². The number of para-hydroxylation sites is 2. The maximum absolute atomic E-state index is 13.2. The SMILES string of the molecule is CCOCCCNC(=O)CCc1nc2ccccc2n(Cc2ccccc2C)c1=O. The summed E-state index contributed by atoms with van der Waals surface area (Å²) < 4.78 is 7.03. The summed E-state index contributed by atoms with van der Waals surface area (Å²) in [5.74, 6) is -0.0775. The Morgan fingerprint density at radius 2 is 1.90 bits per heavy atom. The molecule has 6 heteroatoms. The number of aryl methyl sites for hydroxylation is 2. The van der Waals surface area contributed by atoms with Gasteiger partial charge in [-0.15, -0.1) is 0 Å². The molecule has 0 bridgehead atoms. The monoisotopic (exact) mass is 407 g/mol. The van der Waals surface area contributed by atoms with E-state index in [9.17, 15) is 9.59 Å². The molecular weight excluding hydrogens is 378 g/mol. The molecule has 0 saturated heterocycles. The zero-order valence-corrected chi connectivity index (χ0v) is 17.7. The van der Waals surface area contributed by atoms with Crippen LogP contribution in [0.25, 0.3) is 11.0 Å². The van der Waals surface area contributed by atoms with E-state index in [1.807, 2.05) is 62.4 Å². The topological polar surface area (TPSA) is 73.2 Å². The number of rotatable bonds is 10. The number of benzene rings is 2. The smallest absolute Gasteiger partial charge is 0.273 e. The van der Waals surface area contributed by atoms with Crippen LogP contribution in [0.4, 0.5) is 0 Å². The van der Waals surface area contributed by atoms with Gasteiger partial charge in [0.1, 0.15) is 5.69 Å². The van der Waals surface area contributed by atoms with Gasteiger partial charge in [-0.05, 0) is 43.5 Å². The van der Waals surface area contributed by atoms with Crippen LogP contribution in [-0.4, -0.2) is 35.2 Å². The van der Waals surface area contributed by atoms with Crippen molar-refractivity contribution in [3.8, 4) is 0 Å². The standard InChI is InChI=1S/C24H29N3O3/c1-3-30-16-8-15-25-23(28)14-13-21-24(29)27(17-19-10-5-4-9-18(19)2)22-12-7-6-11-20(22)26-21/h4-7,9-12H,3,8,13-17H2,1-2H3,(H,25,28). The lowest BCUT2D eigenvalue weighted by Crippen LogP contribution is -2.29. The fourth-order valence-electron chi connectivity index (χ4n) is 3.39. The van der Waals surface area contributed by atoms with Gasteiger partial charge >= 0.3 is 0 Å². The van der Waals surface area contributed by atoms with Crippen LogP contribution in [-0.2, 0) is 22.5 Å². The molecule has 0 aliphatic rings. The third-order valence-electron chi connectivity index (χ3n) is 5.09. The Morgan fingerprint density at radius 1 is 1.13 bits per heavy atom. The van der Waals surface area contributed by atoms with Crippen LogP contribution in [0.15, 0.2) is 53.3 Å². The van der Waals surface area contributed by atoms with E-state index < -0.39 is 0 Å². The molecule has 1 N–H and O–H groups in total. The number of carbonyl (C=O) groups excluding carboxylic acids is 1. The number of aromatic nitrogens is 2. The fraction of sp³-hybridized carbons (Fsp3) is 0.375. The van der Waals surface area contributed by atoms with Crippen molar-refractivity contribution in [3.05, 3.63) is 75.7 Å². The molecule has 0 aliphatic carbocycles. The first kappa shape index (κ1) is 21.7. The first-order valence-corrected chi connectivity index (χ1v) is 10.5. The Balaban J connectivity index is 1.77. The van der Waals surface area contributed by atoms with Gasteiger partial charge in [0, 0.05) is 32.6 Å². The Kier molecular flexibility index (Phi) is 7.74. The molecule has 1 aromatic heterocycles. The summed E-state index contributed by atoms with van der Waals surface area (Å²) in [7, 11) is 0. The van der Waals surface area contributed by atoms with Crippen LogP contribution in [0.2, 0.25) is 0 Å². The summed E-state index contributed by atoms with van der Waals surface area (Å²) in [4.78, 5) is 29.9. The fourth-order valence-corrected chi connectivity index (χ4v) is 3.39. The molecule has 0 saturated carbocycles. The lowest BCUT2D eigenvalue weighted by Gasteiger charge is -2.14. The van der Waals surface area contributed by atoms with Crippen molar-refractivity contribution in [1.29, 1.82) is 0 Å². The number of ether oxygens (including phenoxy) is 1. The number of amides is 1. The largest absolute Gasteiger partial charge is 0.382 e. The van der Waals surface area contributed by atoms with Crippen LogP contribution in [0.3, 0.4) is 0 Å². The molecule has 0 fully saturated rings. The van der Waals surface area contributed by atoms with Crippen molar-refractivity contribution in [2.24, 2.45) is 0 Å². The molecule has 0 aliphatic heterocycles. The summed E-state index contributed by atoms with van der Waals surface area (Å²) in [6.45, 7) is 6.34. The molecule has 3 rings (SSSR count). The van der Waals surface area contributed by atoms with Crippen LogP contribution < -0.4 is 10.9 Å². The summed E-state index contributed by atoms with van der Waals surface area (Å²) in [5, 5.41) is 2.87. The van der Waals surface area contributed by atoms with E-state index in [1.165, 1.54) is 0 Å². The van der Waals surface area contributed by atoms with Gasteiger partial charge in [-0.2, -0.15) is 0 Å². The molecular formula is C24H29N3O3. The summed E-state index contributed by atoms with van der Waals surface area (Å²) in [6, 6.07) is 15.7. The van der Waals surface area contributed by atoms with E-state index in [1.54, 1.807) is 4.57 Å². The van der Waals surface area contributed by atoms with Crippen LogP contribution in [0, 0.1) is 6.92 Å². The van der Waals surface area contributed by atoms with Gasteiger partial charge in [-0.3, -0.25) is 9.59 Å².